The Hall–Kier alpha value is -1.01. The summed E-state index contributed by atoms with van der Waals surface area (Å²) in [6.45, 7) is 6.27. The predicted octanol–water partition coefficient (Wildman–Crippen LogP) is 4.53. The topological polar surface area (TPSA) is 63.0 Å². The van der Waals surface area contributed by atoms with Crippen LogP contribution in [0.5, 0.6) is 0 Å². The first-order valence-electron chi connectivity index (χ1n) is 6.08. The van der Waals surface area contributed by atoms with Crippen molar-refractivity contribution in [3.05, 3.63) is 37.5 Å². The molecule has 0 fully saturated rings. The Bertz CT molecular complexity index is 627. The minimum absolute atomic E-state index is 0.0942. The molecule has 4 N–H and O–H groups in total. The van der Waals surface area contributed by atoms with E-state index in [0.29, 0.717) is 21.7 Å². The number of anilines is 2. The van der Waals surface area contributed by atoms with Gasteiger partial charge in [0.1, 0.15) is 5.82 Å². The van der Waals surface area contributed by atoms with E-state index in [0.717, 1.165) is 0 Å². The number of nitrogens with one attached hydrogen (secondary N) is 2. The van der Waals surface area contributed by atoms with Crippen LogP contribution in [-0.4, -0.2) is 4.98 Å². The van der Waals surface area contributed by atoms with Gasteiger partial charge in [-0.3, -0.25) is 0 Å². The third-order valence-corrected chi connectivity index (χ3v) is 4.52. The Morgan fingerprint density at radius 2 is 1.85 bits per heavy atom. The van der Waals surface area contributed by atoms with E-state index >= 15 is 0 Å². The minimum atomic E-state index is 0.0942. The fourth-order valence-corrected chi connectivity index (χ4v) is 3.52. The zero-order chi connectivity index (χ0) is 14.9. The highest BCUT2D eigenvalue weighted by Crippen LogP contribution is 2.33. The van der Waals surface area contributed by atoms with Gasteiger partial charge in [-0.25, -0.2) is 10.8 Å². The van der Waals surface area contributed by atoms with E-state index in [4.69, 9.17) is 29.0 Å². The van der Waals surface area contributed by atoms with Gasteiger partial charge in [-0.2, -0.15) is 0 Å². The van der Waals surface area contributed by atoms with Gasteiger partial charge in [0.05, 0.1) is 16.1 Å². The molecule has 0 amide bonds. The molecule has 0 saturated heterocycles. The van der Waals surface area contributed by atoms with Crippen LogP contribution < -0.4 is 16.6 Å². The van der Waals surface area contributed by atoms with Gasteiger partial charge < -0.3 is 10.7 Å². The second kappa shape index (κ2) is 6.18. The molecule has 7 heteroatoms. The monoisotopic (exact) mass is 330 g/mol. The van der Waals surface area contributed by atoms with Crippen molar-refractivity contribution in [2.45, 2.75) is 26.8 Å². The van der Waals surface area contributed by atoms with Gasteiger partial charge in [0, 0.05) is 9.75 Å². The number of hydrazine groups is 1. The lowest BCUT2D eigenvalue weighted by molar-refractivity contribution is 0.872. The van der Waals surface area contributed by atoms with E-state index in [9.17, 15) is 0 Å². The number of aryl methyl sites for hydroxylation is 2. The minimum Gasteiger partial charge on any atom is -0.362 e. The van der Waals surface area contributed by atoms with Gasteiger partial charge in [-0.05, 0) is 38.5 Å². The second-order valence-electron chi connectivity index (χ2n) is 4.53. The maximum Gasteiger partial charge on any atom is 0.161 e. The Balaban J connectivity index is 2.27. The number of nitrogen functional groups attached to an aromatic ring is 1. The van der Waals surface area contributed by atoms with Crippen LogP contribution in [0.3, 0.4) is 0 Å². The van der Waals surface area contributed by atoms with Gasteiger partial charge in [-0.1, -0.05) is 23.2 Å². The standard InChI is InChI=1S/C13H16Cl2N4S/c1-6-4-9(8(3)20-6)7(2)17-12-10(14)5-11(15)13(18-12)19-16/h4-5,7H,16H2,1-3H3,(H2,17,18,19). The summed E-state index contributed by atoms with van der Waals surface area (Å²) in [4.78, 5) is 6.85. The molecule has 20 heavy (non-hydrogen) atoms. The van der Waals surface area contributed by atoms with Gasteiger partial charge in [0.2, 0.25) is 0 Å². The van der Waals surface area contributed by atoms with Crippen molar-refractivity contribution in [3.63, 3.8) is 0 Å². The molecule has 0 spiro atoms. The van der Waals surface area contributed by atoms with Crippen LogP contribution in [0.25, 0.3) is 0 Å². The van der Waals surface area contributed by atoms with Gasteiger partial charge in [0.15, 0.2) is 5.82 Å². The third-order valence-electron chi connectivity index (χ3n) is 2.97. The zero-order valence-electron chi connectivity index (χ0n) is 11.4. The number of aromatic nitrogens is 1. The lowest BCUT2D eigenvalue weighted by Crippen LogP contribution is -2.13. The molecule has 1 unspecified atom stereocenters. The van der Waals surface area contributed by atoms with Crippen LogP contribution in [0.15, 0.2) is 12.1 Å². The lowest BCUT2D eigenvalue weighted by Gasteiger charge is -2.17. The number of nitrogens with zero attached hydrogens (tertiary/aromatic N) is 1. The molecule has 2 rings (SSSR count). The van der Waals surface area contributed by atoms with Crippen molar-refractivity contribution in [2.24, 2.45) is 5.84 Å². The highest BCUT2D eigenvalue weighted by molar-refractivity contribution is 7.12. The molecule has 2 aromatic rings. The molecule has 0 radical (unpaired) electrons. The molecule has 0 bridgehead atoms. The summed E-state index contributed by atoms with van der Waals surface area (Å²) in [6, 6.07) is 3.88. The molecule has 1 atom stereocenters. The molecule has 0 aromatic carbocycles. The third kappa shape index (κ3) is 3.17. The molecule has 0 aliphatic rings. The number of hydrogen-bond acceptors (Lipinski definition) is 5. The molecule has 0 aliphatic carbocycles. The van der Waals surface area contributed by atoms with Crippen molar-refractivity contribution in [2.75, 3.05) is 10.7 Å². The van der Waals surface area contributed by atoms with Crippen molar-refractivity contribution < 1.29 is 0 Å². The van der Waals surface area contributed by atoms with Crippen molar-refractivity contribution in [1.82, 2.24) is 4.98 Å². The highest BCUT2D eigenvalue weighted by atomic mass is 35.5. The number of rotatable bonds is 4. The summed E-state index contributed by atoms with van der Waals surface area (Å²) in [6.07, 6.45) is 0. The molecule has 2 heterocycles. The normalized spacial score (nSPS) is 12.3. The number of hydrogen-bond donors (Lipinski definition) is 3. The van der Waals surface area contributed by atoms with E-state index in [-0.39, 0.29) is 6.04 Å². The van der Waals surface area contributed by atoms with E-state index in [1.807, 2.05) is 0 Å². The lowest BCUT2D eigenvalue weighted by atomic mass is 10.1. The number of pyridine rings is 1. The summed E-state index contributed by atoms with van der Waals surface area (Å²) in [5.41, 5.74) is 3.69. The summed E-state index contributed by atoms with van der Waals surface area (Å²) in [7, 11) is 0. The molecule has 108 valence electrons. The summed E-state index contributed by atoms with van der Waals surface area (Å²) < 4.78 is 0. The molecular weight excluding hydrogens is 315 g/mol. The fourth-order valence-electron chi connectivity index (χ4n) is 2.03. The summed E-state index contributed by atoms with van der Waals surface area (Å²) in [5, 5.41) is 4.14. The van der Waals surface area contributed by atoms with Crippen molar-refractivity contribution in [1.29, 1.82) is 0 Å². The van der Waals surface area contributed by atoms with Crippen LogP contribution in [0, 0.1) is 13.8 Å². The van der Waals surface area contributed by atoms with Crippen LogP contribution in [-0.2, 0) is 0 Å². The predicted molar refractivity (Wildman–Crippen MR) is 87.9 cm³/mol. The maximum absolute atomic E-state index is 6.16. The van der Waals surface area contributed by atoms with Crippen LogP contribution in [0.2, 0.25) is 10.0 Å². The van der Waals surface area contributed by atoms with E-state index in [1.54, 1.807) is 17.4 Å². The fraction of sp³-hybridized carbons (Fsp3) is 0.308. The second-order valence-corrected chi connectivity index (χ2v) is 6.80. The zero-order valence-corrected chi connectivity index (χ0v) is 13.7. The molecule has 4 nitrogen and oxygen atoms in total. The van der Waals surface area contributed by atoms with Crippen LogP contribution in [0.1, 0.15) is 28.3 Å². The quantitative estimate of drug-likeness (QED) is 0.569. The van der Waals surface area contributed by atoms with E-state index in [2.05, 4.69) is 42.6 Å². The number of thiophene rings is 1. The average molecular weight is 331 g/mol. The van der Waals surface area contributed by atoms with Crippen molar-refractivity contribution >= 4 is 46.2 Å². The van der Waals surface area contributed by atoms with Crippen molar-refractivity contribution in [3.8, 4) is 0 Å². The van der Waals surface area contributed by atoms with E-state index in [1.165, 1.54) is 15.3 Å². The molecule has 0 saturated carbocycles. The van der Waals surface area contributed by atoms with Gasteiger partial charge in [-0.15, -0.1) is 11.3 Å². The van der Waals surface area contributed by atoms with E-state index < -0.39 is 0 Å². The maximum atomic E-state index is 6.16. The van der Waals surface area contributed by atoms with Gasteiger partial charge >= 0.3 is 0 Å². The average Bonchev–Trinajstić information content (AvgIpc) is 2.71. The van der Waals surface area contributed by atoms with Crippen LogP contribution >= 0.6 is 34.5 Å². The Labute approximate surface area is 132 Å². The summed E-state index contributed by atoms with van der Waals surface area (Å²) in [5.74, 6) is 6.32. The first-order chi connectivity index (χ1) is 9.42. The molecule has 0 aliphatic heterocycles. The van der Waals surface area contributed by atoms with Crippen LogP contribution in [0.4, 0.5) is 11.6 Å². The Morgan fingerprint density at radius 1 is 1.20 bits per heavy atom. The first kappa shape index (κ1) is 15.4. The Kier molecular flexibility index (Phi) is 4.75. The molecular formula is C13H16Cl2N4S. The number of halogens is 2. The SMILES string of the molecule is Cc1cc(C(C)Nc2nc(NN)c(Cl)cc2Cl)c(C)s1. The van der Waals surface area contributed by atoms with Gasteiger partial charge in [0.25, 0.3) is 0 Å². The first-order valence-corrected chi connectivity index (χ1v) is 7.65. The smallest absolute Gasteiger partial charge is 0.161 e. The highest BCUT2D eigenvalue weighted by Gasteiger charge is 2.15. The largest absolute Gasteiger partial charge is 0.362 e. The summed E-state index contributed by atoms with van der Waals surface area (Å²) >= 11 is 13.9. The Morgan fingerprint density at radius 3 is 2.40 bits per heavy atom. The number of nitrogens with two attached hydrogens (primary N) is 1. The molecule has 2 aromatic heterocycles.